The van der Waals surface area contributed by atoms with Gasteiger partial charge in [0.1, 0.15) is 22.9 Å². The second-order valence-electron chi connectivity index (χ2n) is 19.6. The average Bonchev–Trinajstić information content (AvgIpc) is 2.46. The van der Waals surface area contributed by atoms with Gasteiger partial charge in [-0.25, -0.2) is 19.2 Å². The number of rotatable bonds is 18. The van der Waals surface area contributed by atoms with Crippen molar-refractivity contribution in [2.75, 3.05) is 23.8 Å². The lowest BCUT2D eigenvalue weighted by Crippen LogP contribution is -2.15. The zero-order chi connectivity index (χ0) is 59.6. The molecule has 9 rings (SSSR count). The van der Waals surface area contributed by atoms with E-state index in [1.165, 1.54) is 72.8 Å². The van der Waals surface area contributed by atoms with E-state index in [0.717, 1.165) is 0 Å². The number of carbonyl (C=O) groups excluding carboxylic acids is 6. The molecule has 0 saturated heterocycles. The average molecular weight is 1130 g/mol. The number of hydrogen-bond acceptors (Lipinski definition) is 16. The molecule has 0 fully saturated rings. The van der Waals surface area contributed by atoms with Crippen molar-refractivity contribution in [3.8, 4) is 23.0 Å². The largest absolute Gasteiger partial charge is 0.505 e. The molecule has 0 saturated carbocycles. The van der Waals surface area contributed by atoms with Crippen LogP contribution in [0.15, 0.2) is 178 Å². The van der Waals surface area contributed by atoms with Crippen LogP contribution in [0.1, 0.15) is 111 Å². The molecule has 0 radical (unpaired) electrons. The van der Waals surface area contributed by atoms with Crippen molar-refractivity contribution in [3.63, 3.8) is 0 Å². The van der Waals surface area contributed by atoms with Crippen LogP contribution < -0.4 is 20.1 Å². The summed E-state index contributed by atoms with van der Waals surface area (Å²) >= 11 is 0. The number of azo groups is 2. The van der Waals surface area contributed by atoms with Crippen LogP contribution in [-0.4, -0.2) is 59.1 Å². The summed E-state index contributed by atoms with van der Waals surface area (Å²) in [5.74, 6) is -4.15. The monoisotopic (exact) mass is 1120 g/mol. The van der Waals surface area contributed by atoms with E-state index in [1.54, 1.807) is 113 Å². The molecule has 0 aliphatic rings. The molecule has 0 atom stereocenters. The van der Waals surface area contributed by atoms with E-state index in [-0.39, 0.29) is 58.3 Å². The van der Waals surface area contributed by atoms with E-state index in [4.69, 9.17) is 18.9 Å². The number of aryl methyl sites for hydroxylation is 4. The second-order valence-corrected chi connectivity index (χ2v) is 19.6. The number of amides is 2. The number of esters is 4. The van der Waals surface area contributed by atoms with E-state index < -0.39 is 47.2 Å². The number of benzene rings is 9. The normalized spacial score (nSPS) is 11.2. The van der Waals surface area contributed by atoms with Crippen molar-refractivity contribution >= 4 is 91.4 Å². The van der Waals surface area contributed by atoms with Gasteiger partial charge in [-0.3, -0.25) is 9.59 Å². The lowest BCUT2D eigenvalue weighted by molar-refractivity contribution is 0.0496. The SMILES string of the molecule is CCCOC(=O)c1ccc(OC(=O)c2ccc(C)c(N=Nc3c(O)c(C(=O)Nc4cc(C)c(NC(=O)c5cc6ccccc6c(N=Nc6cc(C(=O)Oc7ccc(C(=O)OCCC)cc7)ccc6C)c5O)cc4C)cc4ccccc34)c2)cc1. The highest BCUT2D eigenvalue weighted by Gasteiger charge is 2.23. The Morgan fingerprint density at radius 1 is 0.417 bits per heavy atom. The van der Waals surface area contributed by atoms with Crippen molar-refractivity contribution in [1.82, 2.24) is 0 Å². The van der Waals surface area contributed by atoms with E-state index in [1.807, 2.05) is 13.8 Å². The van der Waals surface area contributed by atoms with Crippen LogP contribution in [0.2, 0.25) is 0 Å². The fourth-order valence-electron chi connectivity index (χ4n) is 8.75. The maximum Gasteiger partial charge on any atom is 0.343 e. The molecule has 0 aromatic heterocycles. The Bertz CT molecular complexity index is 3870. The van der Waals surface area contributed by atoms with Crippen LogP contribution in [0.25, 0.3) is 21.5 Å². The van der Waals surface area contributed by atoms with Crippen molar-refractivity contribution in [2.45, 2.75) is 54.4 Å². The first-order valence-electron chi connectivity index (χ1n) is 26.8. The zero-order valence-corrected chi connectivity index (χ0v) is 46.6. The molecule has 2 amide bonds. The first kappa shape index (κ1) is 57.8. The molecule has 0 spiro atoms. The van der Waals surface area contributed by atoms with Crippen molar-refractivity contribution < 1.29 is 57.9 Å². The molecule has 422 valence electrons. The molecule has 0 aliphatic carbocycles. The number of hydrogen-bond donors (Lipinski definition) is 4. The maximum atomic E-state index is 14.2. The van der Waals surface area contributed by atoms with E-state index in [9.17, 15) is 39.0 Å². The summed E-state index contributed by atoms with van der Waals surface area (Å²) in [6.07, 6.45) is 1.36. The second kappa shape index (κ2) is 25.7. The molecular formula is C66H56N6O12. The van der Waals surface area contributed by atoms with Gasteiger partial charge in [0.15, 0.2) is 11.5 Å². The molecule has 84 heavy (non-hydrogen) atoms. The van der Waals surface area contributed by atoms with Gasteiger partial charge in [-0.05, 0) is 171 Å². The molecule has 18 heteroatoms. The Morgan fingerprint density at radius 3 is 1.17 bits per heavy atom. The summed E-state index contributed by atoms with van der Waals surface area (Å²) in [6.45, 7) is 11.4. The quantitative estimate of drug-likeness (QED) is 0.0356. The third-order valence-electron chi connectivity index (χ3n) is 13.4. The third kappa shape index (κ3) is 13.1. The molecule has 0 unspecified atom stereocenters. The summed E-state index contributed by atoms with van der Waals surface area (Å²) < 4.78 is 21.5. The summed E-state index contributed by atoms with van der Waals surface area (Å²) in [7, 11) is 0. The van der Waals surface area contributed by atoms with E-state index in [2.05, 4.69) is 31.1 Å². The number of nitrogens with zero attached hydrogens (tertiary/aromatic N) is 4. The van der Waals surface area contributed by atoms with Gasteiger partial charge in [0.05, 0.1) is 58.0 Å². The van der Waals surface area contributed by atoms with Gasteiger partial charge in [-0.1, -0.05) is 74.5 Å². The van der Waals surface area contributed by atoms with Gasteiger partial charge >= 0.3 is 23.9 Å². The number of ether oxygens (including phenoxy) is 4. The minimum Gasteiger partial charge on any atom is -0.505 e. The third-order valence-corrected chi connectivity index (χ3v) is 13.4. The zero-order valence-electron chi connectivity index (χ0n) is 46.6. The summed E-state index contributed by atoms with van der Waals surface area (Å²) in [5.41, 5.74) is 4.49. The highest BCUT2D eigenvalue weighted by atomic mass is 16.5. The van der Waals surface area contributed by atoms with Gasteiger partial charge in [0, 0.05) is 22.1 Å². The number of fused-ring (bicyclic) bond motifs is 2. The lowest BCUT2D eigenvalue weighted by Gasteiger charge is -2.16. The summed E-state index contributed by atoms with van der Waals surface area (Å²) in [6, 6.07) is 41.9. The minimum atomic E-state index is -0.687. The van der Waals surface area contributed by atoms with E-state index >= 15 is 0 Å². The Kier molecular flexibility index (Phi) is 17.7. The first-order chi connectivity index (χ1) is 40.5. The van der Waals surface area contributed by atoms with Gasteiger partial charge in [-0.15, -0.1) is 10.2 Å². The van der Waals surface area contributed by atoms with Crippen LogP contribution in [0.5, 0.6) is 23.0 Å². The van der Waals surface area contributed by atoms with Crippen LogP contribution in [0.3, 0.4) is 0 Å². The summed E-state index contributed by atoms with van der Waals surface area (Å²) in [5, 5.41) is 49.2. The number of anilines is 2. The first-order valence-corrected chi connectivity index (χ1v) is 26.8. The molecule has 9 aromatic carbocycles. The molecule has 18 nitrogen and oxygen atoms in total. The minimum absolute atomic E-state index is 0.00570. The predicted molar refractivity (Wildman–Crippen MR) is 318 cm³/mol. The summed E-state index contributed by atoms with van der Waals surface area (Å²) in [4.78, 5) is 79.3. The van der Waals surface area contributed by atoms with Crippen LogP contribution in [0, 0.1) is 27.7 Å². The predicted octanol–water partition coefficient (Wildman–Crippen LogP) is 15.5. The van der Waals surface area contributed by atoms with Crippen LogP contribution in [-0.2, 0) is 9.47 Å². The van der Waals surface area contributed by atoms with Crippen LogP contribution in [0.4, 0.5) is 34.1 Å². The highest BCUT2D eigenvalue weighted by Crippen LogP contribution is 2.42. The van der Waals surface area contributed by atoms with Crippen molar-refractivity contribution in [3.05, 3.63) is 213 Å². The Morgan fingerprint density at radius 2 is 0.786 bits per heavy atom. The maximum absolute atomic E-state index is 14.2. The lowest BCUT2D eigenvalue weighted by atomic mass is 10.0. The Balaban J connectivity index is 0.907. The van der Waals surface area contributed by atoms with Gasteiger partial charge in [0.25, 0.3) is 11.8 Å². The van der Waals surface area contributed by atoms with Crippen LogP contribution >= 0.6 is 0 Å². The molecule has 0 aliphatic heterocycles. The molecule has 0 bridgehead atoms. The number of nitrogens with one attached hydrogen (secondary N) is 2. The fraction of sp³-hybridized carbons (Fsp3) is 0.152. The Labute approximate surface area is 482 Å². The van der Waals surface area contributed by atoms with Crippen molar-refractivity contribution in [2.24, 2.45) is 20.5 Å². The standard InChI is InChI=1S/C66H56N6O12/c1-7-29-81-63(77)41-21-25-47(26-22-41)83-65(79)45-19-17-37(3)55(35-45)69-71-57-49-15-11-9-13-43(49)33-51(59(57)73)61(75)67-53-31-40(6)54(32-39(53)5)68-62(76)52-34-44-14-10-12-16-50(44)58(60(52)74)72-70-56-36-46(20-18-38(56)4)66(80)84-48-27-23-42(24-28-48)64(78)82-30-8-2/h9-28,31-36,73-74H,7-8,29-30H2,1-6H3,(H,67,75)(H,68,76). The van der Waals surface area contributed by atoms with Gasteiger partial charge < -0.3 is 39.8 Å². The van der Waals surface area contributed by atoms with Gasteiger partial charge in [0.2, 0.25) is 0 Å². The molecule has 4 N–H and O–H groups in total. The van der Waals surface area contributed by atoms with E-state index in [0.29, 0.717) is 90.5 Å². The number of carbonyl (C=O) groups is 6. The Hall–Kier alpha value is -10.9. The highest BCUT2D eigenvalue weighted by molar-refractivity contribution is 6.14. The topological polar surface area (TPSA) is 253 Å². The van der Waals surface area contributed by atoms with Crippen molar-refractivity contribution in [1.29, 1.82) is 0 Å². The number of aromatic hydroxyl groups is 2. The number of phenols is 2. The fourth-order valence-corrected chi connectivity index (χ4v) is 8.75. The molecular weight excluding hydrogens is 1070 g/mol. The molecule has 9 aromatic rings. The number of phenolic OH excluding ortho intramolecular Hbond substituents is 2. The smallest absolute Gasteiger partial charge is 0.343 e. The van der Waals surface area contributed by atoms with Gasteiger partial charge in [-0.2, -0.15) is 10.2 Å². The molecule has 0 heterocycles.